The number of aryl methyl sites for hydroxylation is 1. The molecule has 0 atom stereocenters. The second kappa shape index (κ2) is 5.94. The Balaban J connectivity index is 2.78. The summed E-state index contributed by atoms with van der Waals surface area (Å²) in [5.74, 6) is 0. The molecular weight excluding hydrogens is 227 g/mol. The van der Waals surface area contributed by atoms with Gasteiger partial charge in [0.05, 0.1) is 0 Å². The van der Waals surface area contributed by atoms with E-state index in [4.69, 9.17) is 0 Å². The number of rotatable bonds is 5. The van der Waals surface area contributed by atoms with Crippen LogP contribution in [-0.4, -0.2) is 19.3 Å². The number of alkyl halides is 3. The van der Waals surface area contributed by atoms with Crippen molar-refractivity contribution < 1.29 is 13.2 Å². The van der Waals surface area contributed by atoms with Crippen LogP contribution in [0.3, 0.4) is 0 Å². The van der Waals surface area contributed by atoms with Gasteiger partial charge in [0.15, 0.2) is 0 Å². The number of hydrogen-bond donors (Lipinski definition) is 0. The highest BCUT2D eigenvalue weighted by Gasteiger charge is 2.30. The van der Waals surface area contributed by atoms with Gasteiger partial charge in [0.25, 0.3) is 0 Å². The van der Waals surface area contributed by atoms with Gasteiger partial charge in [0, 0.05) is 12.2 Å². The van der Waals surface area contributed by atoms with Crippen LogP contribution < -0.4 is 4.90 Å². The van der Waals surface area contributed by atoms with Crippen LogP contribution in [0.15, 0.2) is 24.3 Å². The molecule has 17 heavy (non-hydrogen) atoms. The van der Waals surface area contributed by atoms with Crippen molar-refractivity contribution in [2.24, 2.45) is 0 Å². The second-order valence-corrected chi connectivity index (χ2v) is 4.23. The first-order chi connectivity index (χ1) is 7.92. The highest BCUT2D eigenvalue weighted by molar-refractivity contribution is 5.47. The van der Waals surface area contributed by atoms with E-state index in [2.05, 4.69) is 0 Å². The molecule has 0 fully saturated rings. The van der Waals surface area contributed by atoms with Gasteiger partial charge in [-0.3, -0.25) is 0 Å². The highest BCUT2D eigenvalue weighted by atomic mass is 19.4. The number of benzene rings is 1. The maximum absolute atomic E-state index is 12.5. The lowest BCUT2D eigenvalue weighted by atomic mass is 10.2. The van der Waals surface area contributed by atoms with Gasteiger partial charge in [0.2, 0.25) is 0 Å². The van der Waals surface area contributed by atoms with Gasteiger partial charge < -0.3 is 4.90 Å². The van der Waals surface area contributed by atoms with Crippen molar-refractivity contribution in [1.29, 1.82) is 0 Å². The summed E-state index contributed by atoms with van der Waals surface area (Å²) in [6.45, 7) is 3.46. The molecule has 0 aromatic heterocycles. The van der Waals surface area contributed by atoms with Gasteiger partial charge in [0.1, 0.15) is 6.54 Å². The molecule has 1 rings (SSSR count). The zero-order chi connectivity index (χ0) is 12.9. The summed E-state index contributed by atoms with van der Waals surface area (Å²) in [4.78, 5) is 1.39. The normalized spacial score (nSPS) is 11.6. The third-order valence-electron chi connectivity index (χ3n) is 2.55. The summed E-state index contributed by atoms with van der Waals surface area (Å²) in [6, 6.07) is 7.17. The third kappa shape index (κ3) is 5.11. The third-order valence-corrected chi connectivity index (χ3v) is 2.55. The van der Waals surface area contributed by atoms with E-state index in [0.29, 0.717) is 12.2 Å². The molecule has 96 valence electrons. The number of halogens is 3. The largest absolute Gasteiger partial charge is 0.405 e. The van der Waals surface area contributed by atoms with Crippen LogP contribution in [0.25, 0.3) is 0 Å². The van der Waals surface area contributed by atoms with Crippen LogP contribution in [0.2, 0.25) is 0 Å². The van der Waals surface area contributed by atoms with E-state index in [0.717, 1.165) is 18.4 Å². The lowest BCUT2D eigenvalue weighted by Crippen LogP contribution is -2.35. The van der Waals surface area contributed by atoms with E-state index in [1.54, 1.807) is 12.1 Å². The van der Waals surface area contributed by atoms with E-state index in [-0.39, 0.29) is 0 Å². The van der Waals surface area contributed by atoms with Crippen LogP contribution in [0.5, 0.6) is 0 Å². The van der Waals surface area contributed by atoms with Crippen molar-refractivity contribution in [2.75, 3.05) is 18.0 Å². The lowest BCUT2D eigenvalue weighted by Gasteiger charge is -2.26. The van der Waals surface area contributed by atoms with Crippen LogP contribution in [-0.2, 0) is 0 Å². The Morgan fingerprint density at radius 1 is 1.12 bits per heavy atom. The minimum atomic E-state index is -4.15. The van der Waals surface area contributed by atoms with Crippen molar-refractivity contribution in [3.05, 3.63) is 29.8 Å². The fraction of sp³-hybridized carbons (Fsp3) is 0.538. The predicted molar refractivity (Wildman–Crippen MR) is 64.4 cm³/mol. The Morgan fingerprint density at radius 3 is 2.18 bits per heavy atom. The quantitative estimate of drug-likeness (QED) is 0.752. The molecule has 1 nitrogen and oxygen atoms in total. The molecule has 0 aliphatic heterocycles. The number of unbranched alkanes of at least 4 members (excludes halogenated alkanes) is 1. The predicted octanol–water partition coefficient (Wildman–Crippen LogP) is 4.16. The minimum absolute atomic E-state index is 0.444. The molecule has 1 aromatic carbocycles. The van der Waals surface area contributed by atoms with E-state index >= 15 is 0 Å². The summed E-state index contributed by atoms with van der Waals surface area (Å²) in [5, 5.41) is 0. The topological polar surface area (TPSA) is 3.24 Å². The SMILES string of the molecule is CCCCN(CC(F)(F)F)c1ccc(C)cc1. The molecule has 0 aliphatic rings. The summed E-state index contributed by atoms with van der Waals surface area (Å²) in [5.41, 5.74) is 1.69. The first-order valence-electron chi connectivity index (χ1n) is 5.81. The molecule has 0 saturated heterocycles. The maximum Gasteiger partial charge on any atom is 0.405 e. The number of nitrogens with zero attached hydrogens (tertiary/aromatic N) is 1. The average molecular weight is 245 g/mol. The Hall–Kier alpha value is -1.19. The van der Waals surface area contributed by atoms with Crippen molar-refractivity contribution >= 4 is 5.69 Å². The van der Waals surface area contributed by atoms with Gasteiger partial charge in [-0.05, 0) is 25.5 Å². The standard InChI is InChI=1S/C13H18F3N/c1-3-4-9-17(10-13(14,15)16)12-7-5-11(2)6-8-12/h5-8H,3-4,9-10H2,1-2H3. The summed E-state index contributed by atoms with van der Waals surface area (Å²) >= 11 is 0. The molecule has 0 bridgehead atoms. The van der Waals surface area contributed by atoms with Crippen molar-refractivity contribution in [3.8, 4) is 0 Å². The molecule has 0 radical (unpaired) electrons. The van der Waals surface area contributed by atoms with Gasteiger partial charge in [-0.15, -0.1) is 0 Å². The Morgan fingerprint density at radius 2 is 1.71 bits per heavy atom. The number of anilines is 1. The minimum Gasteiger partial charge on any atom is -0.363 e. The molecule has 0 unspecified atom stereocenters. The second-order valence-electron chi connectivity index (χ2n) is 4.23. The molecule has 0 heterocycles. The van der Waals surface area contributed by atoms with E-state index in [1.165, 1.54) is 4.90 Å². The van der Waals surface area contributed by atoms with Gasteiger partial charge in [-0.2, -0.15) is 13.2 Å². The first kappa shape index (κ1) is 13.9. The Bertz CT molecular complexity index is 330. The van der Waals surface area contributed by atoms with Crippen molar-refractivity contribution in [1.82, 2.24) is 0 Å². The Kier molecular flexibility index (Phi) is 4.85. The highest BCUT2D eigenvalue weighted by Crippen LogP contribution is 2.22. The van der Waals surface area contributed by atoms with Crippen LogP contribution in [0.1, 0.15) is 25.3 Å². The van der Waals surface area contributed by atoms with Gasteiger partial charge >= 0.3 is 6.18 Å². The molecule has 0 N–H and O–H groups in total. The zero-order valence-electron chi connectivity index (χ0n) is 10.2. The molecule has 0 saturated carbocycles. The molecule has 0 amide bonds. The van der Waals surface area contributed by atoms with Crippen LogP contribution in [0, 0.1) is 6.92 Å². The summed E-state index contributed by atoms with van der Waals surface area (Å²) in [7, 11) is 0. The van der Waals surface area contributed by atoms with Crippen molar-refractivity contribution in [3.63, 3.8) is 0 Å². The zero-order valence-corrected chi connectivity index (χ0v) is 10.2. The Labute approximate surface area is 100 Å². The first-order valence-corrected chi connectivity index (χ1v) is 5.81. The maximum atomic E-state index is 12.5. The smallest absolute Gasteiger partial charge is 0.363 e. The molecule has 4 heteroatoms. The van der Waals surface area contributed by atoms with E-state index in [1.807, 2.05) is 26.0 Å². The molecule has 0 aliphatic carbocycles. The van der Waals surface area contributed by atoms with Gasteiger partial charge in [-0.25, -0.2) is 0 Å². The lowest BCUT2D eigenvalue weighted by molar-refractivity contribution is -0.119. The fourth-order valence-electron chi connectivity index (χ4n) is 1.62. The molecule has 0 spiro atoms. The fourth-order valence-corrected chi connectivity index (χ4v) is 1.62. The van der Waals surface area contributed by atoms with Crippen LogP contribution in [0.4, 0.5) is 18.9 Å². The summed E-state index contributed by atoms with van der Waals surface area (Å²) in [6.07, 6.45) is -2.50. The van der Waals surface area contributed by atoms with Gasteiger partial charge in [-0.1, -0.05) is 31.0 Å². The average Bonchev–Trinajstić information content (AvgIpc) is 2.24. The summed E-state index contributed by atoms with van der Waals surface area (Å²) < 4.78 is 37.4. The van der Waals surface area contributed by atoms with Crippen LogP contribution >= 0.6 is 0 Å². The van der Waals surface area contributed by atoms with E-state index in [9.17, 15) is 13.2 Å². The molecule has 1 aromatic rings. The molecular formula is C13H18F3N. The number of hydrogen-bond acceptors (Lipinski definition) is 1. The monoisotopic (exact) mass is 245 g/mol. The van der Waals surface area contributed by atoms with Crippen molar-refractivity contribution in [2.45, 2.75) is 32.9 Å². The van der Waals surface area contributed by atoms with E-state index < -0.39 is 12.7 Å².